The molecule has 8 heteroatoms. The van der Waals surface area contributed by atoms with Crippen LogP contribution in [0, 0.1) is 0 Å². The normalized spacial score (nSPS) is 22.1. The quantitative estimate of drug-likeness (QED) is 0.862. The number of rotatable bonds is 4. The number of carboxylic acids is 1. The average Bonchev–Trinajstić information content (AvgIpc) is 2.70. The number of carboxylic acid groups (broad SMARTS) is 1. The Bertz CT molecular complexity index is 648. The molecule has 1 aliphatic rings. The number of ether oxygens (including phenoxy) is 1. The lowest BCUT2D eigenvalue weighted by molar-refractivity contribution is -0.0599. The maximum atomic E-state index is 12.3. The van der Waals surface area contributed by atoms with Crippen molar-refractivity contribution < 1.29 is 23.1 Å². The summed E-state index contributed by atoms with van der Waals surface area (Å²) < 4.78 is 34.2. The Labute approximate surface area is 124 Å². The first kappa shape index (κ1) is 16.0. The van der Waals surface area contributed by atoms with Crippen LogP contribution in [0.4, 0.5) is 0 Å². The van der Waals surface area contributed by atoms with Crippen molar-refractivity contribution in [3.05, 3.63) is 18.0 Å². The molecule has 1 fully saturated rings. The highest BCUT2D eigenvalue weighted by Gasteiger charge is 2.32. The monoisotopic (exact) mass is 316 g/mol. The van der Waals surface area contributed by atoms with Crippen molar-refractivity contribution in [3.8, 4) is 0 Å². The maximum Gasteiger partial charge on any atom is 0.352 e. The fraction of sp³-hybridized carbons (Fsp3) is 0.615. The van der Waals surface area contributed by atoms with Gasteiger partial charge >= 0.3 is 5.97 Å². The minimum atomic E-state index is -3.74. The van der Waals surface area contributed by atoms with Gasteiger partial charge in [0.25, 0.3) is 0 Å². The minimum Gasteiger partial charge on any atom is -0.477 e. The molecule has 0 radical (unpaired) electrons. The molecule has 2 rings (SSSR count). The molecule has 2 N–H and O–H groups in total. The van der Waals surface area contributed by atoms with Crippen LogP contribution in [-0.4, -0.2) is 42.3 Å². The summed E-state index contributed by atoms with van der Waals surface area (Å²) in [4.78, 5) is 10.9. The summed E-state index contributed by atoms with van der Waals surface area (Å²) in [5, 5.41) is 8.98. The Kier molecular flexibility index (Phi) is 4.14. The molecule has 1 unspecified atom stereocenters. The number of carbonyl (C=O) groups is 1. The van der Waals surface area contributed by atoms with E-state index in [0.717, 1.165) is 6.07 Å². The van der Waals surface area contributed by atoms with Crippen LogP contribution < -0.4 is 4.72 Å². The third-order valence-electron chi connectivity index (χ3n) is 3.53. The predicted molar refractivity (Wildman–Crippen MR) is 75.7 cm³/mol. The molecule has 1 aliphatic heterocycles. The van der Waals surface area contributed by atoms with Crippen molar-refractivity contribution >= 4 is 16.0 Å². The fourth-order valence-corrected chi connectivity index (χ4v) is 3.85. The largest absolute Gasteiger partial charge is 0.477 e. The van der Waals surface area contributed by atoms with Crippen molar-refractivity contribution in [1.29, 1.82) is 0 Å². The lowest BCUT2D eigenvalue weighted by atomic mass is 9.95. The number of sulfonamides is 1. The molecule has 0 aliphatic carbocycles. The topological polar surface area (TPSA) is 97.6 Å². The van der Waals surface area contributed by atoms with Gasteiger partial charge in [0.2, 0.25) is 10.0 Å². The van der Waals surface area contributed by atoms with E-state index in [2.05, 4.69) is 4.72 Å². The first-order valence-corrected chi connectivity index (χ1v) is 8.15. The van der Waals surface area contributed by atoms with Crippen molar-refractivity contribution in [2.75, 3.05) is 6.61 Å². The van der Waals surface area contributed by atoms with Crippen LogP contribution in [0.5, 0.6) is 0 Å². The van der Waals surface area contributed by atoms with Gasteiger partial charge in [-0.3, -0.25) is 0 Å². The Hall–Kier alpha value is -1.38. The molecule has 118 valence electrons. The van der Waals surface area contributed by atoms with Crippen LogP contribution in [0.15, 0.2) is 17.2 Å². The molecule has 0 spiro atoms. The van der Waals surface area contributed by atoms with Crippen LogP contribution >= 0.6 is 0 Å². The smallest absolute Gasteiger partial charge is 0.352 e. The summed E-state index contributed by atoms with van der Waals surface area (Å²) in [7, 11) is -2.23. The lowest BCUT2D eigenvalue weighted by Crippen LogP contribution is -2.45. The second kappa shape index (κ2) is 5.43. The molecule has 0 aromatic carbocycles. The lowest BCUT2D eigenvalue weighted by Gasteiger charge is -2.35. The second-order valence-corrected chi connectivity index (χ2v) is 7.61. The minimum absolute atomic E-state index is 0.0355. The summed E-state index contributed by atoms with van der Waals surface area (Å²) >= 11 is 0. The van der Waals surface area contributed by atoms with Crippen LogP contribution in [0.2, 0.25) is 0 Å². The van der Waals surface area contributed by atoms with Gasteiger partial charge in [-0.05, 0) is 32.8 Å². The van der Waals surface area contributed by atoms with E-state index in [0.29, 0.717) is 19.4 Å². The molecule has 0 amide bonds. The van der Waals surface area contributed by atoms with Gasteiger partial charge < -0.3 is 14.4 Å². The molecule has 1 aromatic heterocycles. The van der Waals surface area contributed by atoms with Crippen LogP contribution in [-0.2, 0) is 21.8 Å². The molecule has 0 saturated carbocycles. The highest BCUT2D eigenvalue weighted by atomic mass is 32.2. The molecule has 1 atom stereocenters. The number of nitrogens with one attached hydrogen (secondary N) is 1. The SMILES string of the molecule is Cn1cc(S(=O)(=O)NC2CCOC(C)(C)C2)cc1C(=O)O. The van der Waals surface area contributed by atoms with E-state index in [-0.39, 0.29) is 22.2 Å². The van der Waals surface area contributed by atoms with Gasteiger partial charge in [-0.15, -0.1) is 0 Å². The summed E-state index contributed by atoms with van der Waals surface area (Å²) in [6.07, 6.45) is 2.47. The fourth-order valence-electron chi connectivity index (χ4n) is 2.51. The maximum absolute atomic E-state index is 12.3. The van der Waals surface area contributed by atoms with Gasteiger partial charge in [-0.2, -0.15) is 0 Å². The average molecular weight is 316 g/mol. The predicted octanol–water partition coefficient (Wildman–Crippen LogP) is 0.959. The zero-order valence-corrected chi connectivity index (χ0v) is 13.1. The molecule has 1 aromatic rings. The zero-order chi connectivity index (χ0) is 15.8. The van der Waals surface area contributed by atoms with Crippen LogP contribution in [0.1, 0.15) is 37.2 Å². The Morgan fingerprint density at radius 3 is 2.71 bits per heavy atom. The van der Waals surface area contributed by atoms with Gasteiger partial charge in [-0.1, -0.05) is 0 Å². The molecular weight excluding hydrogens is 296 g/mol. The second-order valence-electron chi connectivity index (χ2n) is 5.90. The number of hydrogen-bond acceptors (Lipinski definition) is 4. The van der Waals surface area contributed by atoms with E-state index in [1.54, 1.807) is 0 Å². The molecular formula is C13H20N2O5S. The van der Waals surface area contributed by atoms with Crippen molar-refractivity contribution in [2.45, 2.75) is 43.2 Å². The van der Waals surface area contributed by atoms with Crippen LogP contribution in [0.3, 0.4) is 0 Å². The molecule has 1 saturated heterocycles. The van der Waals surface area contributed by atoms with E-state index in [4.69, 9.17) is 9.84 Å². The summed E-state index contributed by atoms with van der Waals surface area (Å²) in [6, 6.07) is 0.946. The standard InChI is InChI=1S/C13H20N2O5S/c1-13(2)7-9(4-5-20-13)14-21(18,19)10-6-11(12(16)17)15(3)8-10/h6,8-9,14H,4-5,7H2,1-3H3,(H,16,17). The van der Waals surface area contributed by atoms with Gasteiger partial charge in [0.05, 0.1) is 5.60 Å². The Balaban J connectivity index is 2.19. The number of hydrogen-bond donors (Lipinski definition) is 2. The van der Waals surface area contributed by atoms with E-state index >= 15 is 0 Å². The third kappa shape index (κ3) is 3.63. The number of aromatic carboxylic acids is 1. The molecule has 7 nitrogen and oxygen atoms in total. The van der Waals surface area contributed by atoms with Crippen molar-refractivity contribution in [1.82, 2.24) is 9.29 Å². The first-order chi connectivity index (χ1) is 9.61. The van der Waals surface area contributed by atoms with Crippen molar-refractivity contribution in [3.63, 3.8) is 0 Å². The van der Waals surface area contributed by atoms with E-state index < -0.39 is 16.0 Å². The molecule has 2 heterocycles. The summed E-state index contributed by atoms with van der Waals surface area (Å²) in [6.45, 7) is 4.33. The summed E-state index contributed by atoms with van der Waals surface area (Å²) in [5.74, 6) is -1.16. The molecule has 21 heavy (non-hydrogen) atoms. The van der Waals surface area contributed by atoms with E-state index in [1.807, 2.05) is 13.8 Å². The summed E-state index contributed by atoms with van der Waals surface area (Å²) in [5.41, 5.74) is -0.434. The Morgan fingerprint density at radius 2 is 2.19 bits per heavy atom. The van der Waals surface area contributed by atoms with Crippen LogP contribution in [0.25, 0.3) is 0 Å². The number of nitrogens with zero attached hydrogens (tertiary/aromatic N) is 1. The third-order valence-corrected chi connectivity index (χ3v) is 5.02. The van der Waals surface area contributed by atoms with E-state index in [9.17, 15) is 13.2 Å². The van der Waals surface area contributed by atoms with Gasteiger partial charge in [0.1, 0.15) is 10.6 Å². The highest BCUT2D eigenvalue weighted by Crippen LogP contribution is 2.25. The van der Waals surface area contributed by atoms with Gasteiger partial charge in [0.15, 0.2) is 0 Å². The first-order valence-electron chi connectivity index (χ1n) is 6.67. The van der Waals surface area contributed by atoms with E-state index in [1.165, 1.54) is 17.8 Å². The highest BCUT2D eigenvalue weighted by molar-refractivity contribution is 7.89. The van der Waals surface area contributed by atoms with Gasteiger partial charge in [-0.25, -0.2) is 17.9 Å². The van der Waals surface area contributed by atoms with Crippen molar-refractivity contribution in [2.24, 2.45) is 7.05 Å². The zero-order valence-electron chi connectivity index (χ0n) is 12.3. The number of aryl methyl sites for hydroxylation is 1. The number of aromatic nitrogens is 1. The van der Waals surface area contributed by atoms with Gasteiger partial charge in [0, 0.05) is 25.9 Å². The Morgan fingerprint density at radius 1 is 1.52 bits per heavy atom. The molecule has 0 bridgehead atoms.